The first-order chi connectivity index (χ1) is 16.3. The second kappa shape index (κ2) is 8.80. The summed E-state index contributed by atoms with van der Waals surface area (Å²) >= 11 is 3.24. The number of oxazole rings is 1. The van der Waals surface area contributed by atoms with Crippen LogP contribution in [0.25, 0.3) is 33.5 Å². The fourth-order valence-electron chi connectivity index (χ4n) is 3.58. The summed E-state index contributed by atoms with van der Waals surface area (Å²) in [5.74, 6) is 2.78. The molecule has 3 aromatic carbocycles. The van der Waals surface area contributed by atoms with Gasteiger partial charge in [-0.15, -0.1) is 0 Å². The van der Waals surface area contributed by atoms with E-state index in [9.17, 15) is 0 Å². The number of nitrogens with zero attached hydrogens (tertiary/aromatic N) is 3. The molecule has 0 saturated heterocycles. The van der Waals surface area contributed by atoms with E-state index in [1.165, 1.54) is 0 Å². The Balaban J connectivity index is 1.26. The smallest absolute Gasteiger partial charge is 0.226 e. The maximum absolute atomic E-state index is 6.23. The minimum absolute atomic E-state index is 0.635. The van der Waals surface area contributed by atoms with E-state index in [0.717, 1.165) is 49.4 Å². The highest BCUT2D eigenvalue weighted by Crippen LogP contribution is 2.31. The van der Waals surface area contributed by atoms with Gasteiger partial charge in [-0.2, -0.15) is 0 Å². The summed E-state index contributed by atoms with van der Waals surface area (Å²) in [4.78, 5) is 20.9. The van der Waals surface area contributed by atoms with Gasteiger partial charge in [0.2, 0.25) is 5.89 Å². The van der Waals surface area contributed by atoms with Crippen LogP contribution < -0.4 is 0 Å². The monoisotopic (exact) mass is 469 g/mol. The number of hydrogen-bond acceptors (Lipinski definition) is 6. The number of hydrogen-bond donors (Lipinski definition) is 2. The van der Waals surface area contributed by atoms with Crippen molar-refractivity contribution >= 4 is 45.6 Å². The lowest BCUT2D eigenvalue weighted by molar-refractivity contribution is 0.536. The molecule has 0 aliphatic rings. The van der Waals surface area contributed by atoms with Gasteiger partial charge in [0.25, 0.3) is 0 Å². The largest absolute Gasteiger partial charge is 0.440 e. The number of imidazole rings is 2. The van der Waals surface area contributed by atoms with Crippen LogP contribution in [-0.2, 0) is 11.5 Å². The topological polar surface area (TPSA) is 83.4 Å². The normalized spacial score (nSPS) is 11.5. The molecule has 6 aromatic rings. The van der Waals surface area contributed by atoms with Crippen molar-refractivity contribution < 1.29 is 4.42 Å². The Morgan fingerprint density at radius 3 is 1.85 bits per heavy atom. The van der Waals surface area contributed by atoms with E-state index in [1.54, 1.807) is 23.5 Å². The van der Waals surface area contributed by atoms with E-state index in [0.29, 0.717) is 17.4 Å². The Hall–Kier alpha value is -3.49. The predicted molar refractivity (Wildman–Crippen MR) is 133 cm³/mol. The molecule has 2 N–H and O–H groups in total. The van der Waals surface area contributed by atoms with E-state index in [4.69, 9.17) is 9.40 Å². The summed E-state index contributed by atoms with van der Waals surface area (Å²) in [6, 6.07) is 26.1. The molecule has 0 fully saturated rings. The summed E-state index contributed by atoms with van der Waals surface area (Å²) in [6.45, 7) is 0. The summed E-state index contributed by atoms with van der Waals surface area (Å²) in [7, 11) is 0. The van der Waals surface area contributed by atoms with Gasteiger partial charge < -0.3 is 14.4 Å². The van der Waals surface area contributed by atoms with Crippen molar-refractivity contribution in [1.82, 2.24) is 24.9 Å². The molecule has 0 aliphatic carbocycles. The average molecular weight is 470 g/mol. The molecule has 3 heterocycles. The van der Waals surface area contributed by atoms with Gasteiger partial charge >= 0.3 is 0 Å². The number of para-hydroxylation sites is 4. The van der Waals surface area contributed by atoms with E-state index in [-0.39, 0.29) is 0 Å². The lowest BCUT2D eigenvalue weighted by Crippen LogP contribution is -1.89. The Kier molecular flexibility index (Phi) is 5.37. The highest BCUT2D eigenvalue weighted by Gasteiger charge is 2.17. The van der Waals surface area contributed by atoms with E-state index in [1.807, 2.05) is 78.9 Å². The van der Waals surface area contributed by atoms with Crippen LogP contribution in [0.2, 0.25) is 0 Å². The van der Waals surface area contributed by atoms with Gasteiger partial charge in [-0.3, -0.25) is 0 Å². The molecule has 6 rings (SSSR count). The molecule has 0 amide bonds. The van der Waals surface area contributed by atoms with Crippen LogP contribution in [0.15, 0.2) is 93.6 Å². The van der Waals surface area contributed by atoms with Gasteiger partial charge in [-0.05, 0) is 36.4 Å². The van der Waals surface area contributed by atoms with Gasteiger partial charge in [-0.25, -0.2) is 15.0 Å². The van der Waals surface area contributed by atoms with E-state index < -0.39 is 0 Å². The molecule has 0 saturated carbocycles. The highest BCUT2D eigenvalue weighted by molar-refractivity contribution is 7.98. The zero-order valence-corrected chi connectivity index (χ0v) is 19.1. The first-order valence-electron chi connectivity index (χ1n) is 10.5. The zero-order valence-electron chi connectivity index (χ0n) is 17.5. The minimum atomic E-state index is 0.635. The summed E-state index contributed by atoms with van der Waals surface area (Å²) < 4.78 is 6.23. The van der Waals surface area contributed by atoms with Gasteiger partial charge in [0.1, 0.15) is 5.76 Å². The molecule has 8 heteroatoms. The molecule has 0 radical (unpaired) electrons. The first-order valence-corrected chi connectivity index (χ1v) is 12.5. The SMILES string of the molecule is c1ccc(-c2nc(CSc3nc4ccccc4[nH]3)c(CSc3nc4ccccc4[nH]3)o2)cc1. The van der Waals surface area contributed by atoms with Crippen LogP contribution >= 0.6 is 23.5 Å². The molecule has 33 heavy (non-hydrogen) atoms. The van der Waals surface area contributed by atoms with Crippen LogP contribution in [0.5, 0.6) is 0 Å². The lowest BCUT2D eigenvalue weighted by Gasteiger charge is -1.99. The van der Waals surface area contributed by atoms with Crippen LogP contribution in [-0.4, -0.2) is 24.9 Å². The third-order valence-electron chi connectivity index (χ3n) is 5.22. The highest BCUT2D eigenvalue weighted by atomic mass is 32.2. The maximum Gasteiger partial charge on any atom is 0.226 e. The Morgan fingerprint density at radius 2 is 1.21 bits per heavy atom. The third kappa shape index (κ3) is 4.27. The molecule has 0 atom stereocenters. The number of aromatic amines is 2. The van der Waals surface area contributed by atoms with Crippen molar-refractivity contribution in [2.75, 3.05) is 0 Å². The fourth-order valence-corrected chi connectivity index (χ4v) is 5.26. The number of rotatable bonds is 7. The maximum atomic E-state index is 6.23. The number of nitrogens with one attached hydrogen (secondary N) is 2. The second-order valence-electron chi connectivity index (χ2n) is 7.45. The quantitative estimate of drug-likeness (QED) is 0.254. The molecule has 0 spiro atoms. The number of aromatic nitrogens is 5. The molecule has 0 bridgehead atoms. The van der Waals surface area contributed by atoms with E-state index >= 15 is 0 Å². The molecular weight excluding hydrogens is 450 g/mol. The molecule has 0 aliphatic heterocycles. The number of thioether (sulfide) groups is 2. The van der Waals surface area contributed by atoms with Crippen LogP contribution in [0.1, 0.15) is 11.5 Å². The number of fused-ring (bicyclic) bond motifs is 2. The predicted octanol–water partition coefficient (Wildman–Crippen LogP) is 6.68. The average Bonchev–Trinajstić information content (AvgIpc) is 3.57. The number of benzene rings is 3. The Bertz CT molecular complexity index is 1380. The third-order valence-corrected chi connectivity index (χ3v) is 6.98. The van der Waals surface area contributed by atoms with Crippen molar-refractivity contribution in [2.24, 2.45) is 0 Å². The van der Waals surface area contributed by atoms with Crippen LogP contribution in [0.3, 0.4) is 0 Å². The molecule has 6 nitrogen and oxygen atoms in total. The molecule has 3 aromatic heterocycles. The summed E-state index contributed by atoms with van der Waals surface area (Å²) in [5, 5.41) is 1.74. The second-order valence-corrected chi connectivity index (χ2v) is 9.38. The fraction of sp³-hybridized carbons (Fsp3) is 0.0800. The molecule has 0 unspecified atom stereocenters. The van der Waals surface area contributed by atoms with Gasteiger partial charge in [0.15, 0.2) is 10.3 Å². The number of H-pyrrole nitrogens is 2. The van der Waals surface area contributed by atoms with Crippen molar-refractivity contribution in [3.05, 3.63) is 90.3 Å². The summed E-state index contributed by atoms with van der Waals surface area (Å²) in [6.07, 6.45) is 0. The van der Waals surface area contributed by atoms with Crippen LogP contribution in [0.4, 0.5) is 0 Å². The van der Waals surface area contributed by atoms with Crippen molar-refractivity contribution in [2.45, 2.75) is 21.8 Å². The first kappa shape index (κ1) is 20.1. The Morgan fingerprint density at radius 1 is 0.636 bits per heavy atom. The van der Waals surface area contributed by atoms with Gasteiger partial charge in [0.05, 0.1) is 33.5 Å². The van der Waals surface area contributed by atoms with Crippen LogP contribution in [0, 0.1) is 0 Å². The minimum Gasteiger partial charge on any atom is -0.440 e. The lowest BCUT2D eigenvalue weighted by atomic mass is 10.2. The zero-order chi connectivity index (χ0) is 22.0. The van der Waals surface area contributed by atoms with E-state index in [2.05, 4.69) is 19.9 Å². The van der Waals surface area contributed by atoms with Gasteiger partial charge in [-0.1, -0.05) is 66.0 Å². The molecule has 162 valence electrons. The van der Waals surface area contributed by atoms with Crippen molar-refractivity contribution in [3.8, 4) is 11.5 Å². The van der Waals surface area contributed by atoms with Gasteiger partial charge in [0, 0.05) is 11.3 Å². The Labute approximate surface area is 198 Å². The molecular formula is C25H19N5OS2. The van der Waals surface area contributed by atoms with Crippen molar-refractivity contribution in [1.29, 1.82) is 0 Å². The standard InChI is InChI=1S/C25H19N5OS2/c1-2-8-16(9-3-1)23-26-21(14-32-24-27-17-10-4-5-11-18(17)28-24)22(31-23)15-33-25-29-19-12-6-7-13-20(19)30-25/h1-13H,14-15H2,(H,27,28)(H,29,30). The van der Waals surface area contributed by atoms with Crippen molar-refractivity contribution in [3.63, 3.8) is 0 Å². The summed E-state index contributed by atoms with van der Waals surface area (Å²) in [5.41, 5.74) is 5.87.